The SMILES string of the molecule is Cc1ccc(CN(C(=O)c2cc3cc(F)ccc3[nH]2)C(C)C)o1. The Morgan fingerprint density at radius 1 is 1.26 bits per heavy atom. The van der Waals surface area contributed by atoms with Crippen molar-refractivity contribution in [1.29, 1.82) is 0 Å². The predicted octanol–water partition coefficient (Wildman–Crippen LogP) is 4.26. The molecular formula is C18H19FN2O2. The zero-order valence-corrected chi connectivity index (χ0v) is 13.4. The maximum Gasteiger partial charge on any atom is 0.270 e. The van der Waals surface area contributed by atoms with Crippen LogP contribution in [0, 0.1) is 12.7 Å². The summed E-state index contributed by atoms with van der Waals surface area (Å²) in [4.78, 5) is 17.6. The quantitative estimate of drug-likeness (QED) is 0.782. The van der Waals surface area contributed by atoms with Crippen LogP contribution in [0.2, 0.25) is 0 Å². The van der Waals surface area contributed by atoms with Crippen molar-refractivity contribution in [3.8, 4) is 0 Å². The summed E-state index contributed by atoms with van der Waals surface area (Å²) in [7, 11) is 0. The van der Waals surface area contributed by atoms with Crippen molar-refractivity contribution in [2.24, 2.45) is 0 Å². The second kappa shape index (κ2) is 5.91. The molecule has 0 unspecified atom stereocenters. The molecule has 23 heavy (non-hydrogen) atoms. The standard InChI is InChI=1S/C18H19FN2O2/c1-11(2)21(10-15-6-4-12(3)23-15)18(22)17-9-13-8-14(19)5-7-16(13)20-17/h4-9,11,20H,10H2,1-3H3. The summed E-state index contributed by atoms with van der Waals surface area (Å²) in [6.07, 6.45) is 0. The lowest BCUT2D eigenvalue weighted by Gasteiger charge is -2.25. The molecule has 3 aromatic rings. The number of nitrogens with one attached hydrogen (secondary N) is 1. The Labute approximate surface area is 133 Å². The third-order valence-electron chi connectivity index (χ3n) is 3.82. The average Bonchev–Trinajstić information content (AvgIpc) is 3.09. The Morgan fingerprint density at radius 2 is 2.04 bits per heavy atom. The first-order valence-electron chi connectivity index (χ1n) is 7.58. The Bertz CT molecular complexity index is 848. The first kappa shape index (κ1) is 15.3. The summed E-state index contributed by atoms with van der Waals surface area (Å²) in [5, 5.41) is 0.686. The van der Waals surface area contributed by atoms with Gasteiger partial charge in [-0.2, -0.15) is 0 Å². The average molecular weight is 314 g/mol. The van der Waals surface area contributed by atoms with E-state index in [0.29, 0.717) is 17.6 Å². The van der Waals surface area contributed by atoms with E-state index in [9.17, 15) is 9.18 Å². The molecule has 0 atom stereocenters. The minimum atomic E-state index is -0.317. The molecule has 3 rings (SSSR count). The van der Waals surface area contributed by atoms with Gasteiger partial charge in [0.15, 0.2) is 0 Å². The molecule has 0 aliphatic heterocycles. The van der Waals surface area contributed by atoms with Gasteiger partial charge in [0.05, 0.1) is 6.54 Å². The van der Waals surface area contributed by atoms with Crippen LogP contribution in [0.5, 0.6) is 0 Å². The maximum absolute atomic E-state index is 13.3. The van der Waals surface area contributed by atoms with E-state index < -0.39 is 0 Å². The number of carbonyl (C=O) groups excluding carboxylic acids is 1. The maximum atomic E-state index is 13.3. The van der Waals surface area contributed by atoms with Crippen molar-refractivity contribution in [3.63, 3.8) is 0 Å². The number of H-pyrrole nitrogens is 1. The zero-order valence-electron chi connectivity index (χ0n) is 13.4. The van der Waals surface area contributed by atoms with Gasteiger partial charge in [-0.25, -0.2) is 4.39 Å². The van der Waals surface area contributed by atoms with E-state index in [2.05, 4.69) is 4.98 Å². The van der Waals surface area contributed by atoms with Crippen LogP contribution in [-0.4, -0.2) is 21.8 Å². The van der Waals surface area contributed by atoms with Gasteiger partial charge >= 0.3 is 0 Å². The molecule has 5 heteroatoms. The van der Waals surface area contributed by atoms with E-state index in [0.717, 1.165) is 17.0 Å². The number of rotatable bonds is 4. The van der Waals surface area contributed by atoms with Crippen molar-refractivity contribution in [3.05, 3.63) is 59.4 Å². The van der Waals surface area contributed by atoms with Gasteiger partial charge in [0.2, 0.25) is 0 Å². The molecule has 120 valence electrons. The fourth-order valence-electron chi connectivity index (χ4n) is 2.60. The highest BCUT2D eigenvalue weighted by Crippen LogP contribution is 2.20. The third kappa shape index (κ3) is 3.13. The fraction of sp³-hybridized carbons (Fsp3) is 0.278. The number of aromatic amines is 1. The highest BCUT2D eigenvalue weighted by Gasteiger charge is 2.22. The molecule has 0 fully saturated rings. The lowest BCUT2D eigenvalue weighted by atomic mass is 10.2. The molecule has 0 aliphatic rings. The van der Waals surface area contributed by atoms with Crippen LogP contribution in [-0.2, 0) is 6.54 Å². The van der Waals surface area contributed by atoms with Gasteiger partial charge in [0, 0.05) is 16.9 Å². The number of carbonyl (C=O) groups is 1. The van der Waals surface area contributed by atoms with Gasteiger partial charge in [-0.05, 0) is 57.2 Å². The molecule has 0 saturated heterocycles. The summed E-state index contributed by atoms with van der Waals surface area (Å²) >= 11 is 0. The molecule has 0 saturated carbocycles. The minimum Gasteiger partial charge on any atom is -0.464 e. The Kier molecular flexibility index (Phi) is 3.94. The smallest absolute Gasteiger partial charge is 0.270 e. The van der Waals surface area contributed by atoms with Crippen LogP contribution in [0.3, 0.4) is 0 Å². The number of fused-ring (bicyclic) bond motifs is 1. The van der Waals surface area contributed by atoms with Gasteiger partial charge in [0.1, 0.15) is 23.0 Å². The molecular weight excluding hydrogens is 295 g/mol. The van der Waals surface area contributed by atoms with Gasteiger partial charge in [0.25, 0.3) is 5.91 Å². The Balaban J connectivity index is 1.90. The van der Waals surface area contributed by atoms with Crippen molar-refractivity contribution in [2.45, 2.75) is 33.4 Å². The summed E-state index contributed by atoms with van der Waals surface area (Å²) in [6.45, 7) is 6.18. The van der Waals surface area contributed by atoms with E-state index in [4.69, 9.17) is 4.42 Å². The monoisotopic (exact) mass is 314 g/mol. The normalized spacial score (nSPS) is 11.3. The van der Waals surface area contributed by atoms with Gasteiger partial charge in [-0.1, -0.05) is 0 Å². The van der Waals surface area contributed by atoms with Gasteiger partial charge in [-0.15, -0.1) is 0 Å². The molecule has 0 aliphatic carbocycles. The minimum absolute atomic E-state index is 0.0102. The van der Waals surface area contributed by atoms with Crippen molar-refractivity contribution >= 4 is 16.8 Å². The number of amides is 1. The van der Waals surface area contributed by atoms with Crippen LogP contribution in [0.15, 0.2) is 40.8 Å². The first-order chi connectivity index (χ1) is 10.9. The summed E-state index contributed by atoms with van der Waals surface area (Å²) in [6, 6.07) is 9.87. The van der Waals surface area contributed by atoms with E-state index in [1.165, 1.54) is 12.1 Å². The van der Waals surface area contributed by atoms with Crippen LogP contribution in [0.1, 0.15) is 35.9 Å². The highest BCUT2D eigenvalue weighted by molar-refractivity contribution is 5.98. The summed E-state index contributed by atoms with van der Waals surface area (Å²) in [5.41, 5.74) is 1.19. The molecule has 2 heterocycles. The number of benzene rings is 1. The van der Waals surface area contributed by atoms with Crippen LogP contribution in [0.25, 0.3) is 10.9 Å². The number of furan rings is 1. The number of halogens is 1. The molecule has 1 N–H and O–H groups in total. The second-order valence-electron chi connectivity index (χ2n) is 5.95. The molecule has 1 aromatic carbocycles. The van der Waals surface area contributed by atoms with Crippen LogP contribution >= 0.6 is 0 Å². The van der Waals surface area contributed by atoms with Crippen LogP contribution < -0.4 is 0 Å². The highest BCUT2D eigenvalue weighted by atomic mass is 19.1. The molecule has 0 spiro atoms. The van der Waals surface area contributed by atoms with Crippen molar-refractivity contribution in [1.82, 2.24) is 9.88 Å². The van der Waals surface area contributed by atoms with Crippen LogP contribution in [0.4, 0.5) is 4.39 Å². The molecule has 1 amide bonds. The summed E-state index contributed by atoms with van der Waals surface area (Å²) < 4.78 is 18.9. The number of hydrogen-bond donors (Lipinski definition) is 1. The summed E-state index contributed by atoms with van der Waals surface area (Å²) in [5.74, 6) is 1.11. The third-order valence-corrected chi connectivity index (χ3v) is 3.82. The van der Waals surface area contributed by atoms with Gasteiger partial charge in [-0.3, -0.25) is 4.79 Å². The largest absolute Gasteiger partial charge is 0.464 e. The second-order valence-corrected chi connectivity index (χ2v) is 5.95. The lowest BCUT2D eigenvalue weighted by molar-refractivity contribution is 0.0670. The molecule has 0 radical (unpaired) electrons. The topological polar surface area (TPSA) is 49.2 Å². The first-order valence-corrected chi connectivity index (χ1v) is 7.58. The number of aromatic nitrogens is 1. The number of aryl methyl sites for hydroxylation is 1. The molecule has 2 aromatic heterocycles. The van der Waals surface area contributed by atoms with Crippen molar-refractivity contribution < 1.29 is 13.6 Å². The fourth-order valence-corrected chi connectivity index (χ4v) is 2.60. The Hall–Kier alpha value is -2.56. The molecule has 4 nitrogen and oxygen atoms in total. The van der Waals surface area contributed by atoms with Crippen molar-refractivity contribution in [2.75, 3.05) is 0 Å². The van der Waals surface area contributed by atoms with Gasteiger partial charge < -0.3 is 14.3 Å². The van der Waals surface area contributed by atoms with E-state index >= 15 is 0 Å². The predicted molar refractivity (Wildman–Crippen MR) is 86.7 cm³/mol. The number of nitrogens with zero attached hydrogens (tertiary/aromatic N) is 1. The number of hydrogen-bond acceptors (Lipinski definition) is 2. The lowest BCUT2D eigenvalue weighted by Crippen LogP contribution is -2.36. The Morgan fingerprint density at radius 3 is 2.70 bits per heavy atom. The van der Waals surface area contributed by atoms with E-state index in [1.807, 2.05) is 32.9 Å². The van der Waals surface area contributed by atoms with E-state index in [-0.39, 0.29) is 17.8 Å². The van der Waals surface area contributed by atoms with E-state index in [1.54, 1.807) is 17.0 Å². The molecule has 0 bridgehead atoms. The zero-order chi connectivity index (χ0) is 16.6.